The van der Waals surface area contributed by atoms with Crippen molar-refractivity contribution in [3.05, 3.63) is 65.2 Å². The molecule has 0 aromatic heterocycles. The van der Waals surface area contributed by atoms with E-state index in [1.807, 2.05) is 19.1 Å². The Labute approximate surface area is 153 Å². The van der Waals surface area contributed by atoms with Gasteiger partial charge in [-0.15, -0.1) is 0 Å². The fourth-order valence-electron chi connectivity index (χ4n) is 2.03. The van der Waals surface area contributed by atoms with Gasteiger partial charge < -0.3 is 10.1 Å². The molecule has 0 aliphatic rings. The van der Waals surface area contributed by atoms with Crippen LogP contribution in [0.3, 0.4) is 0 Å². The van der Waals surface area contributed by atoms with E-state index in [2.05, 4.69) is 5.32 Å². The highest BCUT2D eigenvalue weighted by molar-refractivity contribution is 6.04. The molecule has 5 nitrogen and oxygen atoms in total. The Morgan fingerprint density at radius 1 is 0.885 bits per heavy atom. The van der Waals surface area contributed by atoms with Crippen LogP contribution in [0, 0.1) is 12.3 Å². The molecular formula is C21H23NO4. The van der Waals surface area contributed by atoms with Crippen molar-refractivity contribution in [2.24, 2.45) is 5.41 Å². The number of nitrogens with one attached hydrogen (secondary N) is 1. The van der Waals surface area contributed by atoms with Crippen molar-refractivity contribution >= 4 is 23.3 Å². The lowest BCUT2D eigenvalue weighted by Gasteiger charge is -2.16. The molecule has 5 heteroatoms. The first-order valence-corrected chi connectivity index (χ1v) is 8.35. The summed E-state index contributed by atoms with van der Waals surface area (Å²) in [6, 6.07) is 13.6. The lowest BCUT2D eigenvalue weighted by Crippen LogP contribution is -2.26. The molecule has 0 fully saturated rings. The fraction of sp³-hybridized carbons (Fsp3) is 0.286. The molecular weight excluding hydrogens is 330 g/mol. The van der Waals surface area contributed by atoms with Crippen molar-refractivity contribution in [3.8, 4) is 0 Å². The highest BCUT2D eigenvalue weighted by Gasteiger charge is 2.22. The van der Waals surface area contributed by atoms with E-state index in [1.165, 1.54) is 0 Å². The molecule has 2 aromatic rings. The molecule has 26 heavy (non-hydrogen) atoms. The summed E-state index contributed by atoms with van der Waals surface area (Å²) < 4.78 is 5.04. The van der Waals surface area contributed by atoms with Crippen LogP contribution in [0.15, 0.2) is 48.5 Å². The first-order valence-electron chi connectivity index (χ1n) is 8.35. The van der Waals surface area contributed by atoms with Gasteiger partial charge in [0.1, 0.15) is 0 Å². The quantitative estimate of drug-likeness (QED) is 0.824. The van der Waals surface area contributed by atoms with Gasteiger partial charge in [-0.2, -0.15) is 0 Å². The van der Waals surface area contributed by atoms with E-state index in [4.69, 9.17) is 4.74 Å². The monoisotopic (exact) mass is 353 g/mol. The van der Waals surface area contributed by atoms with Crippen molar-refractivity contribution in [2.75, 3.05) is 11.9 Å². The summed E-state index contributed by atoms with van der Waals surface area (Å²) in [5.74, 6) is -0.942. The minimum Gasteiger partial charge on any atom is -0.454 e. The van der Waals surface area contributed by atoms with Crippen molar-refractivity contribution < 1.29 is 19.1 Å². The van der Waals surface area contributed by atoms with Crippen molar-refractivity contribution in [2.45, 2.75) is 27.7 Å². The molecule has 0 atom stereocenters. The van der Waals surface area contributed by atoms with Gasteiger partial charge in [0.2, 0.25) is 0 Å². The lowest BCUT2D eigenvalue weighted by atomic mass is 9.91. The lowest BCUT2D eigenvalue weighted by molar-refractivity contribution is -0.129. The zero-order valence-corrected chi connectivity index (χ0v) is 15.5. The summed E-state index contributed by atoms with van der Waals surface area (Å²) >= 11 is 0. The first kappa shape index (κ1) is 19.4. The van der Waals surface area contributed by atoms with Crippen molar-refractivity contribution in [1.29, 1.82) is 0 Å². The molecule has 0 bridgehead atoms. The largest absolute Gasteiger partial charge is 0.454 e. The number of anilines is 1. The summed E-state index contributed by atoms with van der Waals surface area (Å²) in [6.45, 7) is 7.01. The first-order chi connectivity index (χ1) is 12.2. The predicted octanol–water partition coefficient (Wildman–Crippen LogP) is 4.02. The van der Waals surface area contributed by atoms with Gasteiger partial charge in [-0.25, -0.2) is 4.79 Å². The molecule has 1 N–H and O–H groups in total. The Kier molecular flexibility index (Phi) is 5.93. The highest BCUT2D eigenvalue weighted by Crippen LogP contribution is 2.16. The normalized spacial score (nSPS) is 10.9. The van der Waals surface area contributed by atoms with E-state index in [1.54, 1.807) is 57.2 Å². The van der Waals surface area contributed by atoms with Gasteiger partial charge in [0.15, 0.2) is 12.4 Å². The minimum atomic E-state index is -0.570. The number of ketones is 1. The van der Waals surface area contributed by atoms with Crippen LogP contribution >= 0.6 is 0 Å². The maximum Gasteiger partial charge on any atom is 0.338 e. The Morgan fingerprint density at radius 2 is 1.42 bits per heavy atom. The number of Topliss-reactive ketones (excluding diaryl/α,β-unsaturated/α-hetero) is 1. The van der Waals surface area contributed by atoms with Crippen molar-refractivity contribution in [3.63, 3.8) is 0 Å². The number of hydrogen-bond donors (Lipinski definition) is 1. The summed E-state index contributed by atoms with van der Waals surface area (Å²) in [5, 5.41) is 2.77. The Balaban J connectivity index is 1.95. The van der Waals surface area contributed by atoms with Gasteiger partial charge in [-0.3, -0.25) is 9.59 Å². The molecule has 0 aliphatic heterocycles. The standard InChI is InChI=1S/C21H23NO4/c1-14-5-7-15(8-6-14)19(24)22-17-11-9-16(10-12-17)20(25)26-13-18(23)21(2,3)4/h5-12H,13H2,1-4H3,(H,22,24). The number of rotatable bonds is 5. The zero-order chi connectivity index (χ0) is 19.3. The Morgan fingerprint density at radius 3 is 1.96 bits per heavy atom. The molecule has 0 aliphatic carbocycles. The summed E-state index contributed by atoms with van der Waals surface area (Å²) in [7, 11) is 0. The third-order valence-electron chi connectivity index (χ3n) is 3.86. The maximum atomic E-state index is 12.2. The molecule has 0 unspecified atom stereocenters. The van der Waals surface area contributed by atoms with E-state index in [0.717, 1.165) is 5.56 Å². The van der Waals surface area contributed by atoms with E-state index in [-0.39, 0.29) is 18.3 Å². The average molecular weight is 353 g/mol. The van der Waals surface area contributed by atoms with Gasteiger partial charge >= 0.3 is 5.97 Å². The number of esters is 1. The number of hydrogen-bond acceptors (Lipinski definition) is 4. The topological polar surface area (TPSA) is 72.5 Å². The number of carbonyl (C=O) groups excluding carboxylic acids is 3. The molecule has 0 saturated heterocycles. The van der Waals surface area contributed by atoms with E-state index < -0.39 is 11.4 Å². The van der Waals surface area contributed by atoms with Crippen LogP contribution in [0.2, 0.25) is 0 Å². The molecule has 0 radical (unpaired) electrons. The Hall–Kier alpha value is -2.95. The number of aryl methyl sites for hydroxylation is 1. The molecule has 0 saturated carbocycles. The van der Waals surface area contributed by atoms with Crippen LogP contribution in [-0.2, 0) is 9.53 Å². The summed E-state index contributed by atoms with van der Waals surface area (Å²) in [5.41, 5.74) is 1.97. The van der Waals surface area contributed by atoms with Crippen LogP contribution < -0.4 is 5.32 Å². The molecule has 0 spiro atoms. The number of carbonyl (C=O) groups is 3. The Bertz CT molecular complexity index is 799. The highest BCUT2D eigenvalue weighted by atomic mass is 16.5. The van der Waals surface area contributed by atoms with Crippen LogP contribution in [0.1, 0.15) is 47.1 Å². The zero-order valence-electron chi connectivity index (χ0n) is 15.5. The van der Waals surface area contributed by atoms with Gasteiger partial charge in [0.25, 0.3) is 5.91 Å². The van der Waals surface area contributed by atoms with Crippen LogP contribution in [-0.4, -0.2) is 24.3 Å². The second-order valence-corrected chi connectivity index (χ2v) is 7.15. The van der Waals surface area contributed by atoms with Crippen molar-refractivity contribution in [1.82, 2.24) is 0 Å². The predicted molar refractivity (Wildman–Crippen MR) is 100 cm³/mol. The number of ether oxygens (including phenoxy) is 1. The average Bonchev–Trinajstić information content (AvgIpc) is 2.59. The minimum absolute atomic E-state index is 0.146. The van der Waals surface area contributed by atoms with Gasteiger partial charge in [-0.05, 0) is 43.3 Å². The van der Waals surface area contributed by atoms with E-state index in [0.29, 0.717) is 16.8 Å². The van der Waals surface area contributed by atoms with Gasteiger partial charge in [0.05, 0.1) is 5.56 Å². The maximum absolute atomic E-state index is 12.2. The third kappa shape index (κ3) is 5.28. The molecule has 136 valence electrons. The fourth-order valence-corrected chi connectivity index (χ4v) is 2.03. The number of benzene rings is 2. The molecule has 2 aromatic carbocycles. The van der Waals surface area contributed by atoms with Crippen LogP contribution in [0.25, 0.3) is 0 Å². The smallest absolute Gasteiger partial charge is 0.338 e. The summed E-state index contributed by atoms with van der Waals surface area (Å²) in [6.07, 6.45) is 0. The van der Waals surface area contributed by atoms with E-state index in [9.17, 15) is 14.4 Å². The van der Waals surface area contributed by atoms with E-state index >= 15 is 0 Å². The molecule has 2 rings (SSSR count). The number of amides is 1. The van der Waals surface area contributed by atoms with Gasteiger partial charge in [-0.1, -0.05) is 38.5 Å². The SMILES string of the molecule is Cc1ccc(C(=O)Nc2ccc(C(=O)OCC(=O)C(C)(C)C)cc2)cc1. The van der Waals surface area contributed by atoms with Gasteiger partial charge in [0, 0.05) is 16.7 Å². The molecule has 1 amide bonds. The molecule has 0 heterocycles. The van der Waals surface area contributed by atoms with Crippen LogP contribution in [0.4, 0.5) is 5.69 Å². The van der Waals surface area contributed by atoms with Crippen LogP contribution in [0.5, 0.6) is 0 Å². The second-order valence-electron chi connectivity index (χ2n) is 7.15. The summed E-state index contributed by atoms with van der Waals surface area (Å²) in [4.78, 5) is 36.0. The third-order valence-corrected chi connectivity index (χ3v) is 3.86. The second kappa shape index (κ2) is 7.95.